The number of hydrogen-bond acceptors (Lipinski definition) is 3. The zero-order chi connectivity index (χ0) is 15.1. The molecular formula is C18H30N2S. The van der Waals surface area contributed by atoms with Crippen molar-refractivity contribution in [3.8, 4) is 0 Å². The smallest absolute Gasteiger partial charge is 0.113 e. The van der Waals surface area contributed by atoms with E-state index < -0.39 is 0 Å². The maximum absolute atomic E-state index is 5.10. The fourth-order valence-corrected chi connectivity index (χ4v) is 6.03. The molecule has 1 N–H and O–H groups in total. The van der Waals surface area contributed by atoms with Crippen molar-refractivity contribution in [1.82, 2.24) is 10.3 Å². The van der Waals surface area contributed by atoms with Gasteiger partial charge in [0.05, 0.1) is 11.2 Å². The number of fused-ring (bicyclic) bond motifs is 1. The third-order valence-electron chi connectivity index (χ3n) is 5.10. The summed E-state index contributed by atoms with van der Waals surface area (Å²) in [7, 11) is 0. The molecule has 0 aliphatic heterocycles. The molecule has 2 aliphatic carbocycles. The lowest BCUT2D eigenvalue weighted by molar-refractivity contribution is 0.0794. The van der Waals surface area contributed by atoms with Crippen molar-refractivity contribution in [1.29, 1.82) is 0 Å². The van der Waals surface area contributed by atoms with Crippen LogP contribution in [0.25, 0.3) is 0 Å². The number of hydrogen-bond donors (Lipinski definition) is 1. The van der Waals surface area contributed by atoms with Crippen molar-refractivity contribution >= 4 is 11.3 Å². The van der Waals surface area contributed by atoms with Gasteiger partial charge in [0.2, 0.25) is 0 Å². The van der Waals surface area contributed by atoms with Crippen LogP contribution in [0.3, 0.4) is 0 Å². The van der Waals surface area contributed by atoms with E-state index in [4.69, 9.17) is 4.98 Å². The van der Waals surface area contributed by atoms with Crippen LogP contribution in [0.2, 0.25) is 0 Å². The fourth-order valence-electron chi connectivity index (χ4n) is 4.70. The van der Waals surface area contributed by atoms with E-state index >= 15 is 0 Å². The third kappa shape index (κ3) is 3.05. The molecule has 0 aromatic carbocycles. The van der Waals surface area contributed by atoms with Gasteiger partial charge in [-0.2, -0.15) is 0 Å². The van der Waals surface area contributed by atoms with Crippen LogP contribution in [0.15, 0.2) is 0 Å². The summed E-state index contributed by atoms with van der Waals surface area (Å²) >= 11 is 2.01. The van der Waals surface area contributed by atoms with E-state index in [1.54, 1.807) is 4.88 Å². The second kappa shape index (κ2) is 5.66. The monoisotopic (exact) mass is 306 g/mol. The Bertz CT molecular complexity index is 484. The molecule has 2 unspecified atom stereocenters. The molecule has 1 fully saturated rings. The molecule has 0 spiro atoms. The Morgan fingerprint density at radius 1 is 1.29 bits per heavy atom. The van der Waals surface area contributed by atoms with Crippen molar-refractivity contribution in [3.63, 3.8) is 0 Å². The quantitative estimate of drug-likeness (QED) is 0.874. The SMILES string of the molecule is CCCNC1(c2nc3c(s2)CCC3)CC(C)CC(C)(C)C1. The van der Waals surface area contributed by atoms with Crippen molar-refractivity contribution in [3.05, 3.63) is 15.6 Å². The first kappa shape index (κ1) is 15.5. The van der Waals surface area contributed by atoms with Crippen molar-refractivity contribution < 1.29 is 0 Å². The highest BCUT2D eigenvalue weighted by Gasteiger charge is 2.45. The maximum atomic E-state index is 5.10. The van der Waals surface area contributed by atoms with Gasteiger partial charge in [-0.1, -0.05) is 27.7 Å². The van der Waals surface area contributed by atoms with Gasteiger partial charge in [-0.3, -0.25) is 0 Å². The summed E-state index contributed by atoms with van der Waals surface area (Å²) in [6.45, 7) is 10.7. The molecule has 21 heavy (non-hydrogen) atoms. The number of rotatable bonds is 4. The highest BCUT2D eigenvalue weighted by Crippen LogP contribution is 2.50. The highest BCUT2D eigenvalue weighted by molar-refractivity contribution is 7.12. The predicted octanol–water partition coefficient (Wildman–Crippen LogP) is 4.67. The number of thiazole rings is 1. The van der Waals surface area contributed by atoms with Gasteiger partial charge in [-0.25, -0.2) is 4.98 Å². The Balaban J connectivity index is 1.95. The van der Waals surface area contributed by atoms with E-state index in [-0.39, 0.29) is 5.54 Å². The van der Waals surface area contributed by atoms with Gasteiger partial charge in [0.15, 0.2) is 0 Å². The number of nitrogens with one attached hydrogen (secondary N) is 1. The standard InChI is InChI=1S/C18H30N2S/c1-5-9-19-18(11-13(2)10-17(3,4)12-18)16-20-14-7-6-8-15(14)21-16/h13,19H,5-12H2,1-4H3. The van der Waals surface area contributed by atoms with Gasteiger partial charge in [-0.15, -0.1) is 11.3 Å². The van der Waals surface area contributed by atoms with Crippen LogP contribution in [-0.4, -0.2) is 11.5 Å². The van der Waals surface area contributed by atoms with E-state index in [1.807, 2.05) is 11.3 Å². The first-order chi connectivity index (χ1) is 9.94. The largest absolute Gasteiger partial charge is 0.305 e. The summed E-state index contributed by atoms with van der Waals surface area (Å²) in [6.07, 6.45) is 8.80. The topological polar surface area (TPSA) is 24.9 Å². The van der Waals surface area contributed by atoms with Crippen molar-refractivity contribution in [2.75, 3.05) is 6.54 Å². The molecule has 0 saturated heterocycles. The van der Waals surface area contributed by atoms with Crippen LogP contribution in [0.1, 0.15) is 75.4 Å². The summed E-state index contributed by atoms with van der Waals surface area (Å²) < 4.78 is 0. The molecule has 0 amide bonds. The van der Waals surface area contributed by atoms with E-state index in [0.717, 1.165) is 12.5 Å². The third-order valence-corrected chi connectivity index (χ3v) is 6.46. The number of aryl methyl sites for hydroxylation is 2. The van der Waals surface area contributed by atoms with E-state index in [0.29, 0.717) is 5.41 Å². The average molecular weight is 307 g/mol. The molecule has 0 radical (unpaired) electrons. The summed E-state index contributed by atoms with van der Waals surface area (Å²) in [4.78, 5) is 6.66. The zero-order valence-electron chi connectivity index (χ0n) is 14.1. The van der Waals surface area contributed by atoms with Gasteiger partial charge >= 0.3 is 0 Å². The molecular weight excluding hydrogens is 276 g/mol. The van der Waals surface area contributed by atoms with E-state index in [9.17, 15) is 0 Å². The van der Waals surface area contributed by atoms with Gasteiger partial charge in [-0.05, 0) is 62.8 Å². The lowest BCUT2D eigenvalue weighted by Gasteiger charge is -2.47. The average Bonchev–Trinajstić information content (AvgIpc) is 2.94. The van der Waals surface area contributed by atoms with Gasteiger partial charge in [0.1, 0.15) is 5.01 Å². The van der Waals surface area contributed by atoms with E-state index in [1.165, 1.54) is 55.6 Å². The lowest BCUT2D eigenvalue weighted by atomic mass is 9.64. The molecule has 118 valence electrons. The molecule has 2 nitrogen and oxygen atoms in total. The normalized spacial score (nSPS) is 31.3. The van der Waals surface area contributed by atoms with Crippen LogP contribution >= 0.6 is 11.3 Å². The second-order valence-corrected chi connectivity index (χ2v) is 9.19. The molecule has 0 bridgehead atoms. The molecule has 1 aromatic heterocycles. The lowest BCUT2D eigenvalue weighted by Crippen LogP contribution is -2.50. The van der Waals surface area contributed by atoms with Gasteiger partial charge in [0.25, 0.3) is 0 Å². The van der Waals surface area contributed by atoms with Gasteiger partial charge in [0, 0.05) is 4.88 Å². The van der Waals surface area contributed by atoms with Crippen LogP contribution in [0, 0.1) is 11.3 Å². The predicted molar refractivity (Wildman–Crippen MR) is 90.9 cm³/mol. The molecule has 3 rings (SSSR count). The molecule has 3 heteroatoms. The number of nitrogens with zero attached hydrogens (tertiary/aromatic N) is 1. The summed E-state index contributed by atoms with van der Waals surface area (Å²) in [5.41, 5.74) is 1.95. The maximum Gasteiger partial charge on any atom is 0.113 e. The first-order valence-corrected chi connectivity index (χ1v) is 9.50. The number of aromatic nitrogens is 1. The molecule has 2 atom stereocenters. The Kier molecular flexibility index (Phi) is 4.17. The van der Waals surface area contributed by atoms with Crippen LogP contribution in [0.5, 0.6) is 0 Å². The minimum atomic E-state index is 0.131. The molecule has 1 aromatic rings. The Hall–Kier alpha value is -0.410. The van der Waals surface area contributed by atoms with Crippen LogP contribution in [-0.2, 0) is 18.4 Å². The Morgan fingerprint density at radius 2 is 2.10 bits per heavy atom. The summed E-state index contributed by atoms with van der Waals surface area (Å²) in [5, 5.41) is 5.31. The fraction of sp³-hybridized carbons (Fsp3) is 0.833. The summed E-state index contributed by atoms with van der Waals surface area (Å²) in [5.74, 6) is 0.775. The Labute approximate surface area is 133 Å². The Morgan fingerprint density at radius 3 is 2.76 bits per heavy atom. The molecule has 1 saturated carbocycles. The summed E-state index contributed by atoms with van der Waals surface area (Å²) in [6, 6.07) is 0. The minimum Gasteiger partial charge on any atom is -0.305 e. The molecule has 1 heterocycles. The van der Waals surface area contributed by atoms with Crippen LogP contribution < -0.4 is 5.32 Å². The van der Waals surface area contributed by atoms with Crippen molar-refractivity contribution in [2.24, 2.45) is 11.3 Å². The second-order valence-electron chi connectivity index (χ2n) is 8.11. The highest BCUT2D eigenvalue weighted by atomic mass is 32.1. The van der Waals surface area contributed by atoms with Crippen molar-refractivity contribution in [2.45, 2.75) is 78.2 Å². The molecule has 2 aliphatic rings. The van der Waals surface area contributed by atoms with Crippen LogP contribution in [0.4, 0.5) is 0 Å². The minimum absolute atomic E-state index is 0.131. The van der Waals surface area contributed by atoms with E-state index in [2.05, 4.69) is 33.0 Å². The van der Waals surface area contributed by atoms with Gasteiger partial charge < -0.3 is 5.32 Å². The first-order valence-electron chi connectivity index (χ1n) is 8.68. The zero-order valence-corrected chi connectivity index (χ0v) is 14.9.